The molecule has 0 radical (unpaired) electrons. The fraction of sp³-hybridized carbons (Fsp3) is 0.571. The molecule has 0 saturated carbocycles. The zero-order valence-electron chi connectivity index (χ0n) is 10.7. The molecule has 1 aliphatic rings. The van der Waals surface area contributed by atoms with Crippen molar-refractivity contribution in [2.45, 2.75) is 38.7 Å². The lowest BCUT2D eigenvalue weighted by atomic mass is 9.98. The minimum Gasteiger partial charge on any atom is -0.397 e. The second-order valence-electron chi connectivity index (χ2n) is 5.35. The predicted molar refractivity (Wildman–Crippen MR) is 72.3 cm³/mol. The molecular weight excluding hydrogens is 212 g/mol. The molecule has 17 heavy (non-hydrogen) atoms. The van der Waals surface area contributed by atoms with Crippen LogP contribution in [0.25, 0.3) is 0 Å². The van der Waals surface area contributed by atoms with Gasteiger partial charge in [-0.15, -0.1) is 0 Å². The summed E-state index contributed by atoms with van der Waals surface area (Å²) in [4.78, 5) is 2.30. The Morgan fingerprint density at radius 2 is 2.06 bits per heavy atom. The van der Waals surface area contributed by atoms with Crippen LogP contribution in [-0.2, 0) is 0 Å². The highest BCUT2D eigenvalue weighted by Gasteiger charge is 2.25. The second-order valence-corrected chi connectivity index (χ2v) is 5.35. The molecule has 0 spiro atoms. The van der Waals surface area contributed by atoms with E-state index in [2.05, 4.69) is 11.0 Å². The molecule has 2 rings (SSSR count). The number of nitrogens with two attached hydrogens (primary N) is 1. The van der Waals surface area contributed by atoms with Crippen molar-refractivity contribution >= 4 is 11.4 Å². The number of rotatable bonds is 1. The van der Waals surface area contributed by atoms with Crippen molar-refractivity contribution in [3.05, 3.63) is 23.8 Å². The number of benzene rings is 1. The number of anilines is 2. The molecule has 1 aromatic rings. The molecule has 0 bridgehead atoms. The Kier molecular flexibility index (Phi) is 3.29. The predicted octanol–water partition coefficient (Wildman–Crippen LogP) is 2.32. The van der Waals surface area contributed by atoms with Gasteiger partial charge in [0.15, 0.2) is 0 Å². The first kappa shape index (κ1) is 12.2. The minimum atomic E-state index is -0.520. The van der Waals surface area contributed by atoms with E-state index in [-0.39, 0.29) is 0 Å². The van der Waals surface area contributed by atoms with Crippen LogP contribution in [0, 0.1) is 6.92 Å². The van der Waals surface area contributed by atoms with Gasteiger partial charge < -0.3 is 15.7 Å². The fourth-order valence-electron chi connectivity index (χ4n) is 2.45. The lowest BCUT2D eigenvalue weighted by molar-refractivity contribution is 0.0481. The summed E-state index contributed by atoms with van der Waals surface area (Å²) in [6, 6.07) is 6.15. The summed E-state index contributed by atoms with van der Waals surface area (Å²) in [7, 11) is 0. The normalized spacial score (nSPS) is 25.7. The van der Waals surface area contributed by atoms with E-state index in [1.54, 1.807) is 0 Å². The van der Waals surface area contributed by atoms with Gasteiger partial charge in [0.25, 0.3) is 0 Å². The number of para-hydroxylation sites is 1. The largest absolute Gasteiger partial charge is 0.397 e. The van der Waals surface area contributed by atoms with E-state index in [0.29, 0.717) is 0 Å². The summed E-state index contributed by atoms with van der Waals surface area (Å²) in [5.74, 6) is 0. The van der Waals surface area contributed by atoms with Gasteiger partial charge in [-0.3, -0.25) is 0 Å². The number of aryl methyl sites for hydroxylation is 1. The number of aliphatic hydroxyl groups is 1. The summed E-state index contributed by atoms with van der Waals surface area (Å²) in [6.07, 6.45) is 2.69. The van der Waals surface area contributed by atoms with Gasteiger partial charge in [-0.2, -0.15) is 0 Å². The van der Waals surface area contributed by atoms with Crippen molar-refractivity contribution in [1.82, 2.24) is 0 Å². The summed E-state index contributed by atoms with van der Waals surface area (Å²) in [6.45, 7) is 5.81. The highest BCUT2D eigenvalue weighted by atomic mass is 16.3. The molecule has 1 heterocycles. The molecule has 1 fully saturated rings. The Balaban J connectivity index is 2.20. The second kappa shape index (κ2) is 4.57. The van der Waals surface area contributed by atoms with Crippen LogP contribution in [0.1, 0.15) is 31.7 Å². The standard InChI is InChI=1S/C14H22N2O/c1-11-5-3-6-12(13(11)15)16-9-4-7-14(2,17)8-10-16/h3,5-6,17H,4,7-10,15H2,1-2H3. The third kappa shape index (κ3) is 2.72. The van der Waals surface area contributed by atoms with Gasteiger partial charge in [0.1, 0.15) is 0 Å². The Bertz CT molecular complexity index is 401. The van der Waals surface area contributed by atoms with E-state index in [0.717, 1.165) is 49.3 Å². The number of hydrogen-bond donors (Lipinski definition) is 2. The summed E-state index contributed by atoms with van der Waals surface area (Å²) in [5.41, 5.74) is 8.71. The average Bonchev–Trinajstić information content (AvgIpc) is 2.44. The first-order valence-electron chi connectivity index (χ1n) is 6.32. The molecular formula is C14H22N2O. The number of nitrogen functional groups attached to an aromatic ring is 1. The van der Waals surface area contributed by atoms with Crippen molar-refractivity contribution in [1.29, 1.82) is 0 Å². The molecule has 3 nitrogen and oxygen atoms in total. The first-order chi connectivity index (χ1) is 7.99. The van der Waals surface area contributed by atoms with Crippen LogP contribution in [0.4, 0.5) is 11.4 Å². The third-order valence-electron chi connectivity index (χ3n) is 3.71. The van der Waals surface area contributed by atoms with E-state index >= 15 is 0 Å². The molecule has 94 valence electrons. The molecule has 0 aliphatic carbocycles. The lowest BCUT2D eigenvalue weighted by Crippen LogP contribution is -2.28. The SMILES string of the molecule is Cc1cccc(N2CCCC(C)(O)CC2)c1N. The van der Waals surface area contributed by atoms with E-state index in [1.807, 2.05) is 26.0 Å². The number of hydrogen-bond acceptors (Lipinski definition) is 3. The van der Waals surface area contributed by atoms with Crippen LogP contribution in [0.5, 0.6) is 0 Å². The van der Waals surface area contributed by atoms with E-state index in [1.165, 1.54) is 0 Å². The van der Waals surface area contributed by atoms with Crippen LogP contribution in [0.2, 0.25) is 0 Å². The van der Waals surface area contributed by atoms with Crippen molar-refractivity contribution in [3.8, 4) is 0 Å². The minimum absolute atomic E-state index is 0.520. The Labute approximate surface area is 103 Å². The first-order valence-corrected chi connectivity index (χ1v) is 6.32. The van der Waals surface area contributed by atoms with Crippen molar-refractivity contribution in [3.63, 3.8) is 0 Å². The Hall–Kier alpha value is -1.22. The van der Waals surface area contributed by atoms with Crippen LogP contribution in [-0.4, -0.2) is 23.8 Å². The fourth-order valence-corrected chi connectivity index (χ4v) is 2.45. The Morgan fingerprint density at radius 3 is 2.82 bits per heavy atom. The summed E-state index contributed by atoms with van der Waals surface area (Å²) >= 11 is 0. The smallest absolute Gasteiger partial charge is 0.0637 e. The van der Waals surface area contributed by atoms with Crippen molar-refractivity contribution in [2.24, 2.45) is 0 Å². The van der Waals surface area contributed by atoms with Crippen molar-refractivity contribution in [2.75, 3.05) is 23.7 Å². The molecule has 3 heteroatoms. The highest BCUT2D eigenvalue weighted by Crippen LogP contribution is 2.30. The molecule has 0 aromatic heterocycles. The quantitative estimate of drug-likeness (QED) is 0.733. The topological polar surface area (TPSA) is 49.5 Å². The maximum absolute atomic E-state index is 10.1. The van der Waals surface area contributed by atoms with Gasteiger partial charge in [-0.05, 0) is 44.7 Å². The molecule has 1 aromatic carbocycles. The van der Waals surface area contributed by atoms with Crippen LogP contribution in [0.15, 0.2) is 18.2 Å². The highest BCUT2D eigenvalue weighted by molar-refractivity contribution is 5.70. The van der Waals surface area contributed by atoms with Gasteiger partial charge in [0.2, 0.25) is 0 Å². The van der Waals surface area contributed by atoms with Crippen molar-refractivity contribution < 1.29 is 5.11 Å². The third-order valence-corrected chi connectivity index (χ3v) is 3.71. The number of nitrogens with zero attached hydrogens (tertiary/aromatic N) is 1. The van der Waals surface area contributed by atoms with Crippen LogP contribution in [0.3, 0.4) is 0 Å². The maximum atomic E-state index is 10.1. The molecule has 1 unspecified atom stereocenters. The van der Waals surface area contributed by atoms with Gasteiger partial charge in [-0.1, -0.05) is 12.1 Å². The van der Waals surface area contributed by atoms with Crippen LogP contribution >= 0.6 is 0 Å². The van der Waals surface area contributed by atoms with Crippen LogP contribution < -0.4 is 10.6 Å². The summed E-state index contributed by atoms with van der Waals surface area (Å²) < 4.78 is 0. The van der Waals surface area contributed by atoms with E-state index < -0.39 is 5.60 Å². The van der Waals surface area contributed by atoms with E-state index in [4.69, 9.17) is 5.73 Å². The monoisotopic (exact) mass is 234 g/mol. The van der Waals surface area contributed by atoms with Gasteiger partial charge in [0, 0.05) is 13.1 Å². The molecule has 1 aliphatic heterocycles. The zero-order chi connectivity index (χ0) is 12.5. The van der Waals surface area contributed by atoms with Gasteiger partial charge in [0.05, 0.1) is 17.0 Å². The van der Waals surface area contributed by atoms with Gasteiger partial charge in [-0.25, -0.2) is 0 Å². The summed E-state index contributed by atoms with van der Waals surface area (Å²) in [5, 5.41) is 10.1. The average molecular weight is 234 g/mol. The molecule has 1 atom stereocenters. The lowest BCUT2D eigenvalue weighted by Gasteiger charge is -2.26. The zero-order valence-corrected chi connectivity index (χ0v) is 10.7. The van der Waals surface area contributed by atoms with Gasteiger partial charge >= 0.3 is 0 Å². The van der Waals surface area contributed by atoms with E-state index in [9.17, 15) is 5.11 Å². The molecule has 0 amide bonds. The maximum Gasteiger partial charge on any atom is 0.0637 e. The molecule has 3 N–H and O–H groups in total. The molecule has 1 saturated heterocycles. The Morgan fingerprint density at radius 1 is 1.29 bits per heavy atom.